The van der Waals surface area contributed by atoms with Crippen LogP contribution in [0, 0.1) is 0 Å². The van der Waals surface area contributed by atoms with Crippen molar-refractivity contribution in [2.75, 3.05) is 13.7 Å². The number of hydrogen-bond acceptors (Lipinski definition) is 5. The lowest BCUT2D eigenvalue weighted by atomic mass is 10.2. The summed E-state index contributed by atoms with van der Waals surface area (Å²) in [5, 5.41) is 0. The van der Waals surface area contributed by atoms with Crippen LogP contribution in [0.4, 0.5) is 0 Å². The number of primary amides is 1. The number of carbonyl (C=O) groups excluding carboxylic acids is 2. The first-order chi connectivity index (χ1) is 7.65. The second-order valence-electron chi connectivity index (χ2n) is 2.75. The van der Waals surface area contributed by atoms with E-state index in [9.17, 15) is 9.59 Å². The van der Waals surface area contributed by atoms with Crippen molar-refractivity contribution < 1.29 is 19.2 Å². The molecule has 0 saturated heterocycles. The molecule has 1 aromatic heterocycles. The van der Waals surface area contributed by atoms with Gasteiger partial charge in [0, 0.05) is 6.20 Å². The van der Waals surface area contributed by atoms with E-state index in [2.05, 4.69) is 9.82 Å². The summed E-state index contributed by atoms with van der Waals surface area (Å²) in [4.78, 5) is 30.2. The Balaban J connectivity index is 2.62. The van der Waals surface area contributed by atoms with Crippen molar-refractivity contribution in [2.24, 2.45) is 5.73 Å². The Morgan fingerprint density at radius 3 is 2.94 bits per heavy atom. The van der Waals surface area contributed by atoms with Gasteiger partial charge in [-0.2, -0.15) is 0 Å². The molecule has 86 valence electrons. The van der Waals surface area contributed by atoms with Gasteiger partial charge in [-0.3, -0.25) is 14.4 Å². The minimum absolute atomic E-state index is 0.169. The average molecular weight is 225 g/mol. The number of nitrogens with zero attached hydrogens (tertiary/aromatic N) is 1. The van der Waals surface area contributed by atoms with Gasteiger partial charge < -0.3 is 10.5 Å². The highest BCUT2D eigenvalue weighted by molar-refractivity contribution is 5.95. The molecule has 1 heterocycles. The smallest absolute Gasteiger partial charge is 0.280 e. The van der Waals surface area contributed by atoms with Crippen molar-refractivity contribution in [3.8, 4) is 5.88 Å². The molecule has 7 nitrogen and oxygen atoms in total. The van der Waals surface area contributed by atoms with Crippen molar-refractivity contribution in [3.63, 3.8) is 0 Å². The molecule has 0 aromatic carbocycles. The van der Waals surface area contributed by atoms with Crippen LogP contribution >= 0.6 is 0 Å². The van der Waals surface area contributed by atoms with E-state index in [1.54, 1.807) is 6.07 Å². The molecule has 1 rings (SSSR count). The Morgan fingerprint density at radius 2 is 2.31 bits per heavy atom. The average Bonchev–Trinajstić information content (AvgIpc) is 2.28. The molecular weight excluding hydrogens is 214 g/mol. The third kappa shape index (κ3) is 3.21. The molecule has 0 aliphatic rings. The van der Waals surface area contributed by atoms with E-state index in [0.29, 0.717) is 0 Å². The van der Waals surface area contributed by atoms with Crippen molar-refractivity contribution in [1.82, 2.24) is 10.5 Å². The molecule has 0 aliphatic carbocycles. The lowest BCUT2D eigenvalue weighted by molar-refractivity contribution is -0.124. The van der Waals surface area contributed by atoms with Crippen molar-refractivity contribution in [1.29, 1.82) is 0 Å². The molecule has 0 fully saturated rings. The summed E-state index contributed by atoms with van der Waals surface area (Å²) >= 11 is 0. The number of rotatable bonds is 5. The first-order valence-corrected chi connectivity index (χ1v) is 4.34. The molecule has 0 bridgehead atoms. The number of hydroxylamine groups is 1. The summed E-state index contributed by atoms with van der Waals surface area (Å²) in [6, 6.07) is 3.08. The molecule has 0 unspecified atom stereocenters. The molecule has 3 N–H and O–H groups in total. The second-order valence-corrected chi connectivity index (χ2v) is 2.75. The molecule has 0 spiro atoms. The van der Waals surface area contributed by atoms with Gasteiger partial charge in [0.25, 0.3) is 5.91 Å². The van der Waals surface area contributed by atoms with Crippen molar-refractivity contribution in [3.05, 3.63) is 23.9 Å². The summed E-state index contributed by atoms with van der Waals surface area (Å²) in [7, 11) is 1.39. The SMILES string of the molecule is COc1ncccc1C(=O)NOCC(N)=O. The van der Waals surface area contributed by atoms with Gasteiger partial charge >= 0.3 is 0 Å². The van der Waals surface area contributed by atoms with Crippen LogP contribution in [0.2, 0.25) is 0 Å². The van der Waals surface area contributed by atoms with E-state index in [1.165, 1.54) is 19.4 Å². The molecule has 0 atom stereocenters. The topological polar surface area (TPSA) is 104 Å². The number of aromatic nitrogens is 1. The van der Waals surface area contributed by atoms with E-state index in [-0.39, 0.29) is 11.4 Å². The number of hydrogen-bond donors (Lipinski definition) is 2. The van der Waals surface area contributed by atoms with Crippen LogP contribution in [0.5, 0.6) is 5.88 Å². The van der Waals surface area contributed by atoms with E-state index in [1.807, 2.05) is 5.48 Å². The lowest BCUT2D eigenvalue weighted by Gasteiger charge is -2.06. The van der Waals surface area contributed by atoms with Crippen molar-refractivity contribution in [2.45, 2.75) is 0 Å². The summed E-state index contributed by atoms with van der Waals surface area (Å²) < 4.78 is 4.87. The van der Waals surface area contributed by atoms with Gasteiger partial charge in [-0.15, -0.1) is 0 Å². The minimum atomic E-state index is -0.682. The summed E-state index contributed by atoms with van der Waals surface area (Å²) in [6.07, 6.45) is 1.49. The summed E-state index contributed by atoms with van der Waals surface area (Å²) in [5.41, 5.74) is 7.07. The van der Waals surface area contributed by atoms with Gasteiger partial charge in [0.15, 0.2) is 6.61 Å². The van der Waals surface area contributed by atoms with E-state index < -0.39 is 18.4 Å². The standard InChI is InChI=1S/C9H11N3O4/c1-15-9-6(3-2-4-11-9)8(14)12-16-5-7(10)13/h2-4H,5H2,1H3,(H2,10,13)(H,12,14). The Hall–Kier alpha value is -2.15. The zero-order valence-electron chi connectivity index (χ0n) is 8.60. The molecule has 7 heteroatoms. The van der Waals surface area contributed by atoms with E-state index in [4.69, 9.17) is 10.5 Å². The quantitative estimate of drug-likeness (QED) is 0.641. The van der Waals surface area contributed by atoms with Crippen LogP contribution in [-0.2, 0) is 9.63 Å². The zero-order valence-corrected chi connectivity index (χ0v) is 8.60. The lowest BCUT2D eigenvalue weighted by Crippen LogP contribution is -2.29. The molecule has 0 saturated carbocycles. The van der Waals surface area contributed by atoms with Gasteiger partial charge in [0.1, 0.15) is 5.56 Å². The Morgan fingerprint density at radius 1 is 1.56 bits per heavy atom. The first-order valence-electron chi connectivity index (χ1n) is 4.34. The van der Waals surface area contributed by atoms with Crippen LogP contribution in [0.1, 0.15) is 10.4 Å². The fourth-order valence-electron chi connectivity index (χ4n) is 0.954. The zero-order chi connectivity index (χ0) is 12.0. The molecule has 2 amide bonds. The van der Waals surface area contributed by atoms with Gasteiger partial charge in [0.05, 0.1) is 7.11 Å². The highest BCUT2D eigenvalue weighted by Gasteiger charge is 2.12. The number of methoxy groups -OCH3 is 1. The first kappa shape index (κ1) is 11.9. The predicted molar refractivity (Wildman–Crippen MR) is 53.4 cm³/mol. The number of pyridine rings is 1. The maximum absolute atomic E-state index is 11.5. The van der Waals surface area contributed by atoms with Crippen molar-refractivity contribution >= 4 is 11.8 Å². The maximum Gasteiger partial charge on any atom is 0.280 e. The Labute approximate surface area is 91.5 Å². The molecule has 0 radical (unpaired) electrons. The van der Waals surface area contributed by atoms with Gasteiger partial charge in [-0.1, -0.05) is 0 Å². The number of nitrogens with two attached hydrogens (primary N) is 1. The van der Waals surface area contributed by atoms with E-state index in [0.717, 1.165) is 0 Å². The highest BCUT2D eigenvalue weighted by Crippen LogP contribution is 2.12. The highest BCUT2D eigenvalue weighted by atomic mass is 16.7. The number of nitrogens with one attached hydrogen (secondary N) is 1. The normalized spacial score (nSPS) is 9.56. The fraction of sp³-hybridized carbons (Fsp3) is 0.222. The van der Waals surface area contributed by atoms with E-state index >= 15 is 0 Å². The molecular formula is C9H11N3O4. The van der Waals surface area contributed by atoms with Crippen LogP contribution in [0.25, 0.3) is 0 Å². The largest absolute Gasteiger partial charge is 0.480 e. The monoisotopic (exact) mass is 225 g/mol. The Bertz CT molecular complexity index is 394. The molecule has 1 aromatic rings. The fourth-order valence-corrected chi connectivity index (χ4v) is 0.954. The van der Waals surface area contributed by atoms with Gasteiger partial charge in [0.2, 0.25) is 11.8 Å². The summed E-state index contributed by atoms with van der Waals surface area (Å²) in [6.45, 7) is -0.395. The van der Waals surface area contributed by atoms with Crippen LogP contribution in [0.15, 0.2) is 18.3 Å². The number of carbonyl (C=O) groups is 2. The second kappa shape index (κ2) is 5.66. The Kier molecular flexibility index (Phi) is 4.22. The molecule has 0 aliphatic heterocycles. The molecule has 16 heavy (non-hydrogen) atoms. The number of amides is 2. The third-order valence-corrected chi connectivity index (χ3v) is 1.59. The summed E-state index contributed by atoms with van der Waals surface area (Å²) in [5.74, 6) is -1.08. The predicted octanol–water partition coefficient (Wildman–Crippen LogP) is -0.763. The van der Waals surface area contributed by atoms with Crippen LogP contribution in [-0.4, -0.2) is 30.5 Å². The third-order valence-electron chi connectivity index (χ3n) is 1.59. The van der Waals surface area contributed by atoms with Gasteiger partial charge in [-0.25, -0.2) is 10.5 Å². The maximum atomic E-state index is 11.5. The van der Waals surface area contributed by atoms with Gasteiger partial charge in [-0.05, 0) is 12.1 Å². The van der Waals surface area contributed by atoms with Crippen LogP contribution in [0.3, 0.4) is 0 Å². The van der Waals surface area contributed by atoms with Crippen LogP contribution < -0.4 is 16.0 Å². The number of ether oxygens (including phenoxy) is 1. The minimum Gasteiger partial charge on any atom is -0.480 e.